The van der Waals surface area contributed by atoms with Crippen molar-refractivity contribution < 1.29 is 14.5 Å². The summed E-state index contributed by atoms with van der Waals surface area (Å²) in [7, 11) is 0. The number of halogens is 2. The van der Waals surface area contributed by atoms with E-state index in [1.807, 2.05) is 6.07 Å². The predicted octanol–water partition coefficient (Wildman–Crippen LogP) is 4.20. The average Bonchev–Trinajstić information content (AvgIpc) is 2.90. The third-order valence-corrected chi connectivity index (χ3v) is 4.16. The highest BCUT2D eigenvalue weighted by molar-refractivity contribution is 14.1. The van der Waals surface area contributed by atoms with Crippen LogP contribution in [0.3, 0.4) is 0 Å². The third kappa shape index (κ3) is 3.46. The fourth-order valence-electron chi connectivity index (χ4n) is 2.07. The van der Waals surface area contributed by atoms with Gasteiger partial charge in [0.2, 0.25) is 5.90 Å². The first-order valence-corrected chi connectivity index (χ1v) is 8.12. The SMILES string of the molecule is O=C1OC(c2cc(I)ccc2Cl)=N/C1=C\c1cccc([N+](=O)[O-])c1. The van der Waals surface area contributed by atoms with Crippen LogP contribution in [-0.2, 0) is 9.53 Å². The molecule has 0 saturated carbocycles. The fourth-order valence-corrected chi connectivity index (χ4v) is 2.76. The summed E-state index contributed by atoms with van der Waals surface area (Å²) in [5.41, 5.74) is 0.982. The first kappa shape index (κ1) is 16.6. The van der Waals surface area contributed by atoms with Crippen LogP contribution in [-0.4, -0.2) is 16.8 Å². The Labute approximate surface area is 155 Å². The zero-order valence-corrected chi connectivity index (χ0v) is 14.8. The Balaban J connectivity index is 1.99. The number of esters is 1. The highest BCUT2D eigenvalue weighted by Gasteiger charge is 2.26. The lowest BCUT2D eigenvalue weighted by Gasteiger charge is -2.02. The Kier molecular flexibility index (Phi) is 4.63. The minimum atomic E-state index is -0.633. The van der Waals surface area contributed by atoms with Crippen LogP contribution in [0.5, 0.6) is 0 Å². The molecule has 0 fully saturated rings. The molecule has 1 heterocycles. The summed E-state index contributed by atoms with van der Waals surface area (Å²) in [6.45, 7) is 0. The maximum atomic E-state index is 12.0. The molecule has 0 spiro atoms. The molecular formula is C16H8ClIN2O4. The molecule has 0 N–H and O–H groups in total. The fraction of sp³-hybridized carbons (Fsp3) is 0. The van der Waals surface area contributed by atoms with Crippen LogP contribution in [0.4, 0.5) is 5.69 Å². The zero-order valence-electron chi connectivity index (χ0n) is 11.9. The van der Waals surface area contributed by atoms with Gasteiger partial charge in [-0.05, 0) is 52.4 Å². The molecule has 0 atom stereocenters. The lowest BCUT2D eigenvalue weighted by molar-refractivity contribution is -0.384. The molecule has 2 aromatic rings. The van der Waals surface area contributed by atoms with E-state index in [1.54, 1.807) is 18.2 Å². The number of carbonyl (C=O) groups excluding carboxylic acids is 1. The maximum Gasteiger partial charge on any atom is 0.363 e. The largest absolute Gasteiger partial charge is 0.402 e. The summed E-state index contributed by atoms with van der Waals surface area (Å²) in [6, 6.07) is 11.2. The second kappa shape index (κ2) is 6.70. The van der Waals surface area contributed by atoms with E-state index in [0.29, 0.717) is 16.1 Å². The number of non-ortho nitro benzene ring substituents is 1. The molecule has 8 heteroatoms. The van der Waals surface area contributed by atoms with Gasteiger partial charge < -0.3 is 4.74 Å². The van der Waals surface area contributed by atoms with Crippen LogP contribution in [0.25, 0.3) is 6.08 Å². The lowest BCUT2D eigenvalue weighted by atomic mass is 10.1. The Morgan fingerprint density at radius 2 is 2.04 bits per heavy atom. The van der Waals surface area contributed by atoms with Crippen molar-refractivity contribution in [1.29, 1.82) is 0 Å². The number of cyclic esters (lactones) is 1. The van der Waals surface area contributed by atoms with Crippen molar-refractivity contribution in [3.63, 3.8) is 0 Å². The zero-order chi connectivity index (χ0) is 17.3. The topological polar surface area (TPSA) is 81.8 Å². The molecule has 1 aliphatic rings. The van der Waals surface area contributed by atoms with Gasteiger partial charge >= 0.3 is 5.97 Å². The van der Waals surface area contributed by atoms with E-state index in [2.05, 4.69) is 27.6 Å². The number of rotatable bonds is 3. The standard InChI is InChI=1S/C16H8ClIN2O4/c17-13-5-4-10(18)8-12(13)15-19-14(16(21)24-15)7-9-2-1-3-11(6-9)20(22)23/h1-8H/b14-7-. The quantitative estimate of drug-likeness (QED) is 0.229. The van der Waals surface area contributed by atoms with Crippen molar-refractivity contribution in [3.8, 4) is 0 Å². The lowest BCUT2D eigenvalue weighted by Crippen LogP contribution is -2.06. The Hall–Kier alpha value is -2.26. The molecule has 120 valence electrons. The Morgan fingerprint density at radius 1 is 1.25 bits per heavy atom. The highest BCUT2D eigenvalue weighted by Crippen LogP contribution is 2.25. The van der Waals surface area contributed by atoms with E-state index >= 15 is 0 Å². The van der Waals surface area contributed by atoms with Crippen LogP contribution in [0.1, 0.15) is 11.1 Å². The number of nitrogens with zero attached hydrogens (tertiary/aromatic N) is 2. The molecule has 2 aromatic carbocycles. The van der Waals surface area contributed by atoms with E-state index in [9.17, 15) is 14.9 Å². The van der Waals surface area contributed by atoms with Gasteiger partial charge in [-0.2, -0.15) is 0 Å². The average molecular weight is 455 g/mol. The first-order chi connectivity index (χ1) is 11.4. The van der Waals surface area contributed by atoms with Crippen LogP contribution < -0.4 is 0 Å². The smallest absolute Gasteiger partial charge is 0.363 e. The normalized spacial score (nSPS) is 15.3. The molecular weight excluding hydrogens is 447 g/mol. The summed E-state index contributed by atoms with van der Waals surface area (Å²) in [4.78, 5) is 26.5. The monoisotopic (exact) mass is 454 g/mol. The van der Waals surface area contributed by atoms with E-state index in [-0.39, 0.29) is 17.3 Å². The molecule has 0 bridgehead atoms. The molecule has 0 aliphatic carbocycles. The summed E-state index contributed by atoms with van der Waals surface area (Å²) in [5.74, 6) is -0.522. The van der Waals surface area contributed by atoms with Crippen molar-refractivity contribution in [2.75, 3.05) is 0 Å². The van der Waals surface area contributed by atoms with Gasteiger partial charge in [0.05, 0.1) is 15.5 Å². The van der Waals surface area contributed by atoms with Gasteiger partial charge in [0.1, 0.15) is 0 Å². The number of benzene rings is 2. The molecule has 0 radical (unpaired) electrons. The number of nitro benzene ring substituents is 1. The molecule has 3 rings (SSSR count). The summed E-state index contributed by atoms with van der Waals surface area (Å²) < 4.78 is 6.09. The van der Waals surface area contributed by atoms with Gasteiger partial charge in [-0.3, -0.25) is 10.1 Å². The Bertz CT molecular complexity index is 924. The summed E-state index contributed by atoms with van der Waals surface area (Å²) in [6.07, 6.45) is 1.43. The minimum Gasteiger partial charge on any atom is -0.402 e. The molecule has 0 amide bonds. The van der Waals surface area contributed by atoms with Crippen molar-refractivity contribution in [2.45, 2.75) is 0 Å². The first-order valence-electron chi connectivity index (χ1n) is 6.66. The van der Waals surface area contributed by atoms with Crippen molar-refractivity contribution >= 4 is 57.8 Å². The summed E-state index contributed by atoms with van der Waals surface area (Å²) >= 11 is 8.23. The number of hydrogen-bond donors (Lipinski definition) is 0. The van der Waals surface area contributed by atoms with Crippen molar-refractivity contribution in [2.24, 2.45) is 4.99 Å². The molecule has 0 unspecified atom stereocenters. The predicted molar refractivity (Wildman–Crippen MR) is 97.9 cm³/mol. The molecule has 1 aliphatic heterocycles. The van der Waals surface area contributed by atoms with E-state index in [4.69, 9.17) is 16.3 Å². The Morgan fingerprint density at radius 3 is 2.79 bits per heavy atom. The van der Waals surface area contributed by atoms with E-state index in [0.717, 1.165) is 3.57 Å². The van der Waals surface area contributed by atoms with Gasteiger partial charge in [-0.1, -0.05) is 23.7 Å². The molecule has 24 heavy (non-hydrogen) atoms. The molecule has 0 aromatic heterocycles. The second-order valence-corrected chi connectivity index (χ2v) is 6.47. The van der Waals surface area contributed by atoms with Gasteiger partial charge in [-0.15, -0.1) is 0 Å². The minimum absolute atomic E-state index is 0.0559. The van der Waals surface area contributed by atoms with Gasteiger partial charge in [-0.25, -0.2) is 9.79 Å². The van der Waals surface area contributed by atoms with Gasteiger partial charge in [0.15, 0.2) is 5.70 Å². The van der Waals surface area contributed by atoms with Crippen LogP contribution in [0, 0.1) is 13.7 Å². The van der Waals surface area contributed by atoms with Crippen molar-refractivity contribution in [1.82, 2.24) is 0 Å². The van der Waals surface area contributed by atoms with Crippen LogP contribution >= 0.6 is 34.2 Å². The number of nitro groups is 1. The van der Waals surface area contributed by atoms with Gasteiger partial charge in [0, 0.05) is 15.7 Å². The number of hydrogen-bond acceptors (Lipinski definition) is 5. The van der Waals surface area contributed by atoms with Crippen LogP contribution in [0.15, 0.2) is 53.2 Å². The third-order valence-electron chi connectivity index (χ3n) is 3.16. The number of ether oxygens (including phenoxy) is 1. The summed E-state index contributed by atoms with van der Waals surface area (Å²) in [5, 5.41) is 11.2. The number of aliphatic imine (C=N–C) groups is 1. The van der Waals surface area contributed by atoms with Crippen molar-refractivity contribution in [3.05, 3.63) is 78.0 Å². The second-order valence-electron chi connectivity index (χ2n) is 4.81. The number of carbonyl (C=O) groups is 1. The van der Waals surface area contributed by atoms with E-state index < -0.39 is 10.9 Å². The maximum absolute atomic E-state index is 12.0. The van der Waals surface area contributed by atoms with Gasteiger partial charge in [0.25, 0.3) is 5.69 Å². The molecule has 6 nitrogen and oxygen atoms in total. The highest BCUT2D eigenvalue weighted by atomic mass is 127. The van der Waals surface area contributed by atoms with E-state index in [1.165, 1.54) is 24.3 Å². The van der Waals surface area contributed by atoms with Crippen LogP contribution in [0.2, 0.25) is 5.02 Å². The molecule has 0 saturated heterocycles.